The molecule has 5 atom stereocenters. The third-order valence-corrected chi connectivity index (χ3v) is 18.3. The average Bonchev–Trinajstić information content (AvgIpc) is 3.52. The third kappa shape index (κ3) is 5.41. The molecule has 1 unspecified atom stereocenters. The van der Waals surface area contributed by atoms with Crippen molar-refractivity contribution in [1.82, 2.24) is 19.5 Å². The molecule has 1 aromatic carbocycles. The molecule has 222 valence electrons. The number of hydrogen-bond acceptors (Lipinski definition) is 8. The highest BCUT2D eigenvalue weighted by atomic mass is 28.5. The van der Waals surface area contributed by atoms with Crippen molar-refractivity contribution < 1.29 is 25.2 Å². The summed E-state index contributed by atoms with van der Waals surface area (Å²) in [6.45, 7) is 15.8. The van der Waals surface area contributed by atoms with Crippen molar-refractivity contribution in [2.24, 2.45) is 0 Å². The number of hydrogen-bond donors (Lipinski definition) is 1. The Bertz CT molecular complexity index is 1430. The van der Waals surface area contributed by atoms with Gasteiger partial charge in [0.1, 0.15) is 18.7 Å². The van der Waals surface area contributed by atoms with Crippen molar-refractivity contribution in [2.45, 2.75) is 102 Å². The highest BCUT2D eigenvalue weighted by Crippen LogP contribution is 2.48. The molecule has 2 fully saturated rings. The van der Waals surface area contributed by atoms with Gasteiger partial charge in [-0.2, -0.15) is 0 Å². The van der Waals surface area contributed by atoms with E-state index >= 15 is 0 Å². The van der Waals surface area contributed by atoms with E-state index in [4.69, 9.17) is 19.1 Å². The number of nitrogens with one attached hydrogen (secondary N) is 1. The summed E-state index contributed by atoms with van der Waals surface area (Å²) in [5, 5.41) is 2.82. The molecule has 4 heterocycles. The molecule has 1 amide bonds. The molecule has 1 N–H and O–H groups in total. The zero-order chi connectivity index (χ0) is 31.3. The highest BCUT2D eigenvalue weighted by molar-refractivity contribution is 6.84. The van der Waals surface area contributed by atoms with Crippen molar-refractivity contribution in [3.63, 3.8) is 0 Å². The van der Waals surface area contributed by atoms with E-state index in [1.54, 1.807) is 28.8 Å². The van der Waals surface area contributed by atoms with Crippen LogP contribution in [-0.4, -0.2) is 61.3 Å². The Balaban J connectivity index is 1.52. The molecule has 2 aromatic heterocycles. The van der Waals surface area contributed by atoms with Gasteiger partial charge in [-0.25, -0.2) is 15.0 Å². The van der Waals surface area contributed by atoms with Crippen molar-refractivity contribution in [3.8, 4) is 0 Å². The van der Waals surface area contributed by atoms with Gasteiger partial charge in [-0.3, -0.25) is 9.36 Å². The number of fused-ring (bicyclic) bond motifs is 2. The molecule has 41 heavy (non-hydrogen) atoms. The molecule has 0 bridgehead atoms. The van der Waals surface area contributed by atoms with E-state index < -0.39 is 48.5 Å². The number of nitrogens with zero attached hydrogens (tertiary/aromatic N) is 4. The normalized spacial score (nSPS) is 28.4. The fourth-order valence-electron chi connectivity index (χ4n) is 5.86. The maximum absolute atomic E-state index is 12.8. The summed E-state index contributed by atoms with van der Waals surface area (Å²) >= 11 is 0. The van der Waals surface area contributed by atoms with Crippen LogP contribution in [0.4, 0.5) is 5.82 Å². The molecule has 5 rings (SSSR count). The van der Waals surface area contributed by atoms with Crippen molar-refractivity contribution in [3.05, 3.63) is 48.5 Å². The minimum absolute atomic E-state index is 0.0762. The van der Waals surface area contributed by atoms with Gasteiger partial charge in [-0.15, -0.1) is 0 Å². The number of carbonyl (C=O) groups is 1. The molecule has 0 aliphatic carbocycles. The van der Waals surface area contributed by atoms with Crippen LogP contribution in [0.1, 0.15) is 81.1 Å². The van der Waals surface area contributed by atoms with Gasteiger partial charge < -0.3 is 23.0 Å². The lowest BCUT2D eigenvalue weighted by atomic mass is 10.2. The lowest BCUT2D eigenvalue weighted by molar-refractivity contribution is -0.0544. The number of imidazole rings is 1. The summed E-state index contributed by atoms with van der Waals surface area (Å²) in [7, 11) is -5.99. The van der Waals surface area contributed by atoms with E-state index in [2.05, 4.69) is 75.7 Å². The van der Waals surface area contributed by atoms with Gasteiger partial charge in [-0.1, -0.05) is 73.6 Å². The number of anilines is 1. The lowest BCUT2D eigenvalue weighted by Gasteiger charge is -2.51. The molecule has 10 nitrogen and oxygen atoms in total. The van der Waals surface area contributed by atoms with Crippen LogP contribution in [-0.2, 0) is 17.7 Å². The van der Waals surface area contributed by atoms with Gasteiger partial charge in [0.15, 0.2) is 17.0 Å². The number of rotatable bonds is 7. The number of carbonyl (C=O) groups excluding carboxylic acids is 1. The third-order valence-electron chi connectivity index (χ3n) is 8.12. The number of benzene rings is 1. The molecule has 0 radical (unpaired) electrons. The van der Waals surface area contributed by atoms with E-state index in [1.807, 2.05) is 6.07 Å². The summed E-state index contributed by atoms with van der Waals surface area (Å²) in [5.74, 6) is -0.0661. The molecular formula is C29H43N5O5Si2. The number of amides is 1. The minimum Gasteiger partial charge on any atom is -0.414 e. The lowest BCUT2D eigenvalue weighted by Crippen LogP contribution is -2.65. The zero-order valence-corrected chi connectivity index (χ0v) is 27.1. The Hall–Kier alpha value is -2.49. The van der Waals surface area contributed by atoms with Crippen LogP contribution in [0.25, 0.3) is 11.2 Å². The molecule has 2 aliphatic heterocycles. The van der Waals surface area contributed by atoms with E-state index in [9.17, 15) is 6.17 Å². The summed E-state index contributed by atoms with van der Waals surface area (Å²) in [6.07, 6.45) is -0.470. The maximum atomic E-state index is 12.8. The molecule has 2 saturated heterocycles. The van der Waals surface area contributed by atoms with Crippen LogP contribution >= 0.6 is 0 Å². The first-order valence-corrected chi connectivity index (χ1v) is 18.4. The Morgan fingerprint density at radius 1 is 0.951 bits per heavy atom. The molecule has 0 spiro atoms. The largest absolute Gasteiger partial charge is 0.414 e. The van der Waals surface area contributed by atoms with Crippen LogP contribution < -0.4 is 5.32 Å². The summed E-state index contributed by atoms with van der Waals surface area (Å²) < 4.78 is 47.7. The quantitative estimate of drug-likeness (QED) is 0.246. The van der Waals surface area contributed by atoms with Crippen molar-refractivity contribution in [2.75, 3.05) is 11.9 Å². The summed E-state index contributed by atoms with van der Waals surface area (Å²) in [5.41, 5.74) is 1.56. The van der Waals surface area contributed by atoms with Gasteiger partial charge in [0.2, 0.25) is 0 Å². The van der Waals surface area contributed by atoms with Crippen LogP contribution in [0.15, 0.2) is 43.0 Å². The molecule has 2 aliphatic rings. The van der Waals surface area contributed by atoms with Gasteiger partial charge in [0.05, 0.1) is 20.4 Å². The predicted molar refractivity (Wildman–Crippen MR) is 162 cm³/mol. The summed E-state index contributed by atoms with van der Waals surface area (Å²) in [4.78, 5) is 26.0. The Morgan fingerprint density at radius 3 is 2.24 bits per heavy atom. The van der Waals surface area contributed by atoms with Crippen LogP contribution in [0, 0.1) is 0 Å². The first-order valence-electron chi connectivity index (χ1n) is 15.6. The first kappa shape index (κ1) is 27.4. The van der Waals surface area contributed by atoms with Gasteiger partial charge in [-0.05, 0) is 34.3 Å². The second-order valence-electron chi connectivity index (χ2n) is 12.1. The highest BCUT2D eigenvalue weighted by Gasteiger charge is 2.60. The Morgan fingerprint density at radius 2 is 1.61 bits per heavy atom. The second-order valence-corrected chi connectivity index (χ2v) is 20.8. The van der Waals surface area contributed by atoms with E-state index in [1.165, 1.54) is 12.7 Å². The fraction of sp³-hybridized carbons (Fsp3) is 0.586. The molecule has 3 aromatic rings. The summed E-state index contributed by atoms with van der Waals surface area (Å²) in [6, 6.07) is 8.85. The zero-order valence-electron chi connectivity index (χ0n) is 27.1. The topological polar surface area (TPSA) is 110 Å². The van der Waals surface area contributed by atoms with Crippen LogP contribution in [0.3, 0.4) is 0 Å². The Labute approximate surface area is 247 Å². The van der Waals surface area contributed by atoms with Gasteiger partial charge >= 0.3 is 17.1 Å². The Kier molecular flexibility index (Phi) is 7.77. The second kappa shape index (κ2) is 11.7. The first-order chi connectivity index (χ1) is 20.3. The minimum atomic E-state index is -3.01. The SMILES string of the molecule is [2H][13CH]1O[Si](C(C)C)(C(C)C)O[Si](C(C)C)(C(C)C)O[13C@H]2[13C@@H]([2H])[13C@H](n3cnc4c(NC(=O)c5ccccc5)ncnc43)O[13C@H]12. The molecular weight excluding hydrogens is 559 g/mol. The monoisotopic (exact) mass is 604 g/mol. The fourth-order valence-corrected chi connectivity index (χ4v) is 16.8. The van der Waals surface area contributed by atoms with Gasteiger partial charge in [0, 0.05) is 13.3 Å². The standard InChI is InChI=1S/C29H43N5O5Si2/c1-18(2)40(19(3)4)36-15-24-23(38-41(39-40,20(5)6)21(7)8)14-25(37-24)34-17-32-26-27(30-16-31-28(26)34)33-29(35)22-12-10-9-11-13-22/h9-13,16-21,23-25H,14-15H2,1-8H3,(H,30,31,33,35)/t23-,24+,25+/m0/s1/i14+1D,15+1D,23+1,24+1,25+1/t14-,15?,23+,24-,25-/m1. The van der Waals surface area contributed by atoms with Gasteiger partial charge in [0.25, 0.3) is 5.91 Å². The van der Waals surface area contributed by atoms with Crippen molar-refractivity contribution >= 4 is 40.0 Å². The number of aromatic nitrogens is 4. The van der Waals surface area contributed by atoms with E-state index in [0.717, 1.165) is 0 Å². The van der Waals surface area contributed by atoms with E-state index in [-0.39, 0.29) is 33.9 Å². The number of ether oxygens (including phenoxy) is 1. The smallest absolute Gasteiger partial charge is 0.335 e. The van der Waals surface area contributed by atoms with Crippen molar-refractivity contribution in [1.29, 1.82) is 0 Å². The van der Waals surface area contributed by atoms with Crippen LogP contribution in [0.2, 0.25) is 22.2 Å². The predicted octanol–water partition coefficient (Wildman–Crippen LogP) is 6.32. The molecule has 12 heteroatoms. The van der Waals surface area contributed by atoms with E-state index in [0.29, 0.717) is 16.7 Å². The van der Waals surface area contributed by atoms with Crippen LogP contribution in [0.5, 0.6) is 0 Å². The average molecular weight is 605 g/mol. The molecule has 0 saturated carbocycles. The maximum Gasteiger partial charge on any atom is 0.335 e.